The molecule has 5 nitrogen and oxygen atoms in total. The summed E-state index contributed by atoms with van der Waals surface area (Å²) in [4.78, 5) is 13.7. The van der Waals surface area contributed by atoms with Crippen molar-refractivity contribution in [1.29, 1.82) is 0 Å². The van der Waals surface area contributed by atoms with E-state index in [1.54, 1.807) is 0 Å². The Bertz CT molecular complexity index is 462. The first-order valence-corrected chi connectivity index (χ1v) is 7.04. The molecular weight excluding hydrogens is 254 g/mol. The number of benzene rings is 1. The number of rotatable bonds is 4. The molecule has 1 aliphatic rings. The van der Waals surface area contributed by atoms with Crippen LogP contribution < -0.4 is 10.6 Å². The zero-order chi connectivity index (χ0) is 14.5. The van der Waals surface area contributed by atoms with Crippen molar-refractivity contribution in [2.75, 3.05) is 30.8 Å². The molecule has 0 saturated carbocycles. The molecule has 2 N–H and O–H groups in total. The van der Waals surface area contributed by atoms with E-state index in [0.717, 1.165) is 30.9 Å². The van der Waals surface area contributed by atoms with Crippen molar-refractivity contribution in [3.63, 3.8) is 0 Å². The minimum atomic E-state index is -0.450. The van der Waals surface area contributed by atoms with Gasteiger partial charge in [0.25, 0.3) is 0 Å². The molecule has 5 heteroatoms. The van der Waals surface area contributed by atoms with Crippen molar-refractivity contribution in [2.24, 2.45) is 0 Å². The molecule has 1 fully saturated rings. The summed E-state index contributed by atoms with van der Waals surface area (Å²) >= 11 is 0. The molecule has 1 amide bonds. The summed E-state index contributed by atoms with van der Waals surface area (Å²) in [7, 11) is 1.36. The second-order valence-electron chi connectivity index (χ2n) is 5.42. The van der Waals surface area contributed by atoms with Gasteiger partial charge in [-0.05, 0) is 38.5 Å². The number of carbonyl (C=O) groups excluding carboxylic acids is 1. The highest BCUT2D eigenvalue weighted by atomic mass is 16.5. The average molecular weight is 277 g/mol. The van der Waals surface area contributed by atoms with Gasteiger partial charge in [-0.3, -0.25) is 10.2 Å². The van der Waals surface area contributed by atoms with Gasteiger partial charge < -0.3 is 10.1 Å². The van der Waals surface area contributed by atoms with Gasteiger partial charge in [-0.25, -0.2) is 4.79 Å². The topological polar surface area (TPSA) is 53.6 Å². The third-order valence-corrected chi connectivity index (χ3v) is 3.62. The Morgan fingerprint density at radius 3 is 2.80 bits per heavy atom. The van der Waals surface area contributed by atoms with Crippen LogP contribution in [0, 0.1) is 0 Å². The molecule has 2 rings (SSSR count). The summed E-state index contributed by atoms with van der Waals surface area (Å²) in [5.74, 6) is 0. The molecule has 1 unspecified atom stereocenters. The maximum atomic E-state index is 11.2. The predicted octanol–water partition coefficient (Wildman–Crippen LogP) is 2.76. The zero-order valence-electron chi connectivity index (χ0n) is 12.3. The van der Waals surface area contributed by atoms with E-state index >= 15 is 0 Å². The first-order valence-electron chi connectivity index (χ1n) is 7.04. The van der Waals surface area contributed by atoms with Crippen LogP contribution in [-0.2, 0) is 4.74 Å². The highest BCUT2D eigenvalue weighted by Crippen LogP contribution is 2.20. The third-order valence-electron chi connectivity index (χ3n) is 3.62. The molecule has 0 bridgehead atoms. The second kappa shape index (κ2) is 6.61. The molecule has 0 aromatic heterocycles. The van der Waals surface area contributed by atoms with E-state index in [1.807, 2.05) is 24.3 Å². The summed E-state index contributed by atoms with van der Waals surface area (Å²) in [6.07, 6.45) is 0.696. The lowest BCUT2D eigenvalue weighted by Crippen LogP contribution is -2.31. The number of carbonyl (C=O) groups is 1. The molecule has 0 radical (unpaired) electrons. The van der Waals surface area contributed by atoms with Gasteiger partial charge in [-0.15, -0.1) is 0 Å². The number of hydrogen-bond acceptors (Lipinski definition) is 4. The van der Waals surface area contributed by atoms with Gasteiger partial charge in [0.05, 0.1) is 7.11 Å². The molecule has 1 saturated heterocycles. The van der Waals surface area contributed by atoms with E-state index in [1.165, 1.54) is 7.11 Å². The number of nitrogens with zero attached hydrogens (tertiary/aromatic N) is 1. The molecule has 20 heavy (non-hydrogen) atoms. The summed E-state index contributed by atoms with van der Waals surface area (Å²) in [6, 6.07) is 8.76. The Morgan fingerprint density at radius 1 is 1.40 bits per heavy atom. The Hall–Kier alpha value is -1.75. The predicted molar refractivity (Wildman–Crippen MR) is 81.2 cm³/mol. The van der Waals surface area contributed by atoms with Gasteiger partial charge in [-0.2, -0.15) is 0 Å². The normalized spacial score (nSPS) is 19.1. The fourth-order valence-corrected chi connectivity index (χ4v) is 2.47. The number of methoxy groups -OCH3 is 1. The maximum Gasteiger partial charge on any atom is 0.411 e. The van der Waals surface area contributed by atoms with E-state index in [0.29, 0.717) is 12.1 Å². The number of hydrogen-bond donors (Lipinski definition) is 2. The Morgan fingerprint density at radius 2 is 2.15 bits per heavy atom. The zero-order valence-corrected chi connectivity index (χ0v) is 12.3. The molecule has 0 aliphatic carbocycles. The lowest BCUT2D eigenvalue weighted by molar-refractivity contribution is 0.187. The molecule has 1 aliphatic heterocycles. The van der Waals surface area contributed by atoms with Crippen molar-refractivity contribution in [3.05, 3.63) is 24.3 Å². The van der Waals surface area contributed by atoms with Crippen LogP contribution in [0.4, 0.5) is 16.2 Å². The molecule has 0 spiro atoms. The van der Waals surface area contributed by atoms with Crippen LogP contribution in [0.5, 0.6) is 0 Å². The number of likely N-dealkylation sites (tertiary alicyclic amines) is 1. The standard InChI is InChI=1S/C15H23N3O2/c1-11(2)18-8-7-14(10-18)16-12-5-4-6-13(9-12)17-15(19)20-3/h4-6,9,11,14,16H,7-8,10H2,1-3H3,(H,17,19). The second-order valence-corrected chi connectivity index (χ2v) is 5.42. The molecule has 1 aromatic carbocycles. The van der Waals surface area contributed by atoms with Crippen LogP contribution in [0.25, 0.3) is 0 Å². The van der Waals surface area contributed by atoms with Crippen LogP contribution in [0.3, 0.4) is 0 Å². The van der Waals surface area contributed by atoms with Crippen molar-refractivity contribution in [2.45, 2.75) is 32.4 Å². The fraction of sp³-hybridized carbons (Fsp3) is 0.533. The molecule has 1 heterocycles. The number of ether oxygens (including phenoxy) is 1. The number of nitrogens with one attached hydrogen (secondary N) is 2. The quantitative estimate of drug-likeness (QED) is 0.888. The van der Waals surface area contributed by atoms with Crippen molar-refractivity contribution < 1.29 is 9.53 Å². The van der Waals surface area contributed by atoms with Crippen LogP contribution in [0.15, 0.2) is 24.3 Å². The summed E-state index contributed by atoms with van der Waals surface area (Å²) in [5, 5.41) is 6.20. The highest BCUT2D eigenvalue weighted by molar-refractivity contribution is 5.85. The Labute approximate surface area is 120 Å². The van der Waals surface area contributed by atoms with Gasteiger partial charge in [0, 0.05) is 36.5 Å². The SMILES string of the molecule is COC(=O)Nc1cccc(NC2CCN(C(C)C)C2)c1. The van der Waals surface area contributed by atoms with Gasteiger partial charge in [-0.1, -0.05) is 6.07 Å². The van der Waals surface area contributed by atoms with Crippen molar-refractivity contribution in [3.8, 4) is 0 Å². The molecule has 1 atom stereocenters. The van der Waals surface area contributed by atoms with E-state index in [4.69, 9.17) is 0 Å². The monoisotopic (exact) mass is 277 g/mol. The van der Waals surface area contributed by atoms with E-state index in [-0.39, 0.29) is 0 Å². The van der Waals surface area contributed by atoms with E-state index in [9.17, 15) is 4.79 Å². The van der Waals surface area contributed by atoms with Crippen LogP contribution in [0.1, 0.15) is 20.3 Å². The number of amides is 1. The van der Waals surface area contributed by atoms with Gasteiger partial charge in [0.1, 0.15) is 0 Å². The fourth-order valence-electron chi connectivity index (χ4n) is 2.47. The Kier molecular flexibility index (Phi) is 4.84. The van der Waals surface area contributed by atoms with Crippen LogP contribution in [-0.4, -0.2) is 43.3 Å². The van der Waals surface area contributed by atoms with Crippen LogP contribution >= 0.6 is 0 Å². The summed E-state index contributed by atoms with van der Waals surface area (Å²) < 4.78 is 4.59. The minimum Gasteiger partial charge on any atom is -0.453 e. The summed E-state index contributed by atoms with van der Waals surface area (Å²) in [6.45, 7) is 6.65. The molecule has 110 valence electrons. The minimum absolute atomic E-state index is 0.450. The van der Waals surface area contributed by atoms with E-state index < -0.39 is 6.09 Å². The first kappa shape index (κ1) is 14.7. The van der Waals surface area contributed by atoms with Gasteiger partial charge >= 0.3 is 6.09 Å². The Balaban J connectivity index is 1.93. The average Bonchev–Trinajstić information content (AvgIpc) is 2.87. The van der Waals surface area contributed by atoms with Crippen LogP contribution in [0.2, 0.25) is 0 Å². The lowest BCUT2D eigenvalue weighted by atomic mass is 10.2. The third kappa shape index (κ3) is 3.87. The number of anilines is 2. The largest absolute Gasteiger partial charge is 0.453 e. The highest BCUT2D eigenvalue weighted by Gasteiger charge is 2.23. The van der Waals surface area contributed by atoms with Gasteiger partial charge in [0.15, 0.2) is 0 Å². The van der Waals surface area contributed by atoms with Gasteiger partial charge in [0.2, 0.25) is 0 Å². The van der Waals surface area contributed by atoms with Crippen molar-refractivity contribution >= 4 is 17.5 Å². The molecule has 1 aromatic rings. The smallest absolute Gasteiger partial charge is 0.411 e. The van der Waals surface area contributed by atoms with E-state index in [2.05, 4.69) is 34.1 Å². The first-order chi connectivity index (χ1) is 9.58. The summed E-state index contributed by atoms with van der Waals surface area (Å²) in [5.41, 5.74) is 1.76. The lowest BCUT2D eigenvalue weighted by Gasteiger charge is -2.21. The van der Waals surface area contributed by atoms with Crippen molar-refractivity contribution in [1.82, 2.24) is 4.90 Å². The maximum absolute atomic E-state index is 11.2. The molecular formula is C15H23N3O2.